The Morgan fingerprint density at radius 2 is 1.90 bits per heavy atom. The van der Waals surface area contributed by atoms with Gasteiger partial charge in [-0.25, -0.2) is 4.98 Å². The van der Waals surface area contributed by atoms with Crippen molar-refractivity contribution in [3.8, 4) is 0 Å². The van der Waals surface area contributed by atoms with Gasteiger partial charge in [-0.15, -0.1) is 0 Å². The van der Waals surface area contributed by atoms with Gasteiger partial charge in [-0.2, -0.15) is 0 Å². The average molecular weight is 282 g/mol. The molecule has 2 aromatic heterocycles. The third-order valence-corrected chi connectivity index (χ3v) is 4.04. The van der Waals surface area contributed by atoms with Crippen LogP contribution >= 0.6 is 0 Å². The monoisotopic (exact) mass is 282 g/mol. The molecule has 0 saturated heterocycles. The highest BCUT2D eigenvalue weighted by atomic mass is 16.3. The van der Waals surface area contributed by atoms with E-state index < -0.39 is 0 Å². The molecule has 0 amide bonds. The van der Waals surface area contributed by atoms with Crippen LogP contribution in [-0.2, 0) is 13.5 Å². The van der Waals surface area contributed by atoms with E-state index in [0.717, 1.165) is 28.2 Å². The first-order valence-electron chi connectivity index (χ1n) is 6.99. The molecule has 0 atom stereocenters. The molecular weight excluding hydrogens is 264 g/mol. The molecule has 0 unspecified atom stereocenters. The van der Waals surface area contributed by atoms with Crippen LogP contribution in [-0.4, -0.2) is 15.3 Å². The van der Waals surface area contributed by atoms with Crippen molar-refractivity contribution in [2.75, 3.05) is 0 Å². The molecule has 0 aliphatic rings. The molecular formula is C17H18N2O2. The van der Waals surface area contributed by atoms with Crippen LogP contribution in [0.5, 0.6) is 0 Å². The lowest BCUT2D eigenvalue weighted by Gasteiger charge is -2.02. The van der Waals surface area contributed by atoms with Crippen molar-refractivity contribution in [2.45, 2.75) is 27.2 Å². The van der Waals surface area contributed by atoms with E-state index in [-0.39, 0.29) is 12.2 Å². The van der Waals surface area contributed by atoms with Crippen LogP contribution in [0.15, 0.2) is 28.7 Å². The van der Waals surface area contributed by atoms with Gasteiger partial charge in [0, 0.05) is 12.6 Å². The maximum Gasteiger partial charge on any atom is 0.174 e. The minimum atomic E-state index is 0.0558. The van der Waals surface area contributed by atoms with E-state index in [9.17, 15) is 4.79 Å². The van der Waals surface area contributed by atoms with E-state index in [2.05, 4.69) is 4.98 Å². The molecule has 1 aromatic carbocycles. The van der Waals surface area contributed by atoms with E-state index in [1.54, 1.807) is 0 Å². The van der Waals surface area contributed by atoms with Gasteiger partial charge in [0.15, 0.2) is 5.78 Å². The number of para-hydroxylation sites is 2. The summed E-state index contributed by atoms with van der Waals surface area (Å²) in [6.07, 6.45) is 0.284. The molecule has 0 bridgehead atoms. The first kappa shape index (κ1) is 13.6. The number of Topliss-reactive ketones (excluding diaryl/α,β-unsaturated/α-hetero) is 1. The molecule has 21 heavy (non-hydrogen) atoms. The molecule has 0 radical (unpaired) electrons. The van der Waals surface area contributed by atoms with E-state index in [1.165, 1.54) is 0 Å². The minimum absolute atomic E-state index is 0.0558. The van der Waals surface area contributed by atoms with Crippen LogP contribution in [0.3, 0.4) is 0 Å². The van der Waals surface area contributed by atoms with Crippen LogP contribution in [0.2, 0.25) is 0 Å². The van der Waals surface area contributed by atoms with Crippen molar-refractivity contribution in [1.29, 1.82) is 0 Å². The summed E-state index contributed by atoms with van der Waals surface area (Å²) in [6.45, 7) is 5.64. The summed E-state index contributed by atoms with van der Waals surface area (Å²) in [7, 11) is 1.94. The number of imidazole rings is 1. The summed E-state index contributed by atoms with van der Waals surface area (Å²) >= 11 is 0. The fraction of sp³-hybridized carbons (Fsp3) is 0.294. The van der Waals surface area contributed by atoms with Crippen LogP contribution in [0.25, 0.3) is 11.0 Å². The van der Waals surface area contributed by atoms with E-state index in [1.807, 2.05) is 56.7 Å². The highest BCUT2D eigenvalue weighted by Crippen LogP contribution is 2.23. The zero-order valence-electron chi connectivity index (χ0n) is 12.7. The van der Waals surface area contributed by atoms with Gasteiger partial charge >= 0.3 is 0 Å². The predicted molar refractivity (Wildman–Crippen MR) is 81.7 cm³/mol. The standard InChI is InChI=1S/C17H18N2O2/c1-10-11(2)21-12(3)17(10)15(20)9-16-18-13-7-5-6-8-14(13)19(16)4/h5-8H,9H2,1-4H3. The minimum Gasteiger partial charge on any atom is -0.466 e. The van der Waals surface area contributed by atoms with Crippen LogP contribution < -0.4 is 0 Å². The molecule has 3 aromatic rings. The topological polar surface area (TPSA) is 48.0 Å². The van der Waals surface area contributed by atoms with Gasteiger partial charge in [-0.3, -0.25) is 4.79 Å². The fourth-order valence-corrected chi connectivity index (χ4v) is 2.79. The van der Waals surface area contributed by atoms with Crippen molar-refractivity contribution >= 4 is 16.8 Å². The lowest BCUT2D eigenvalue weighted by atomic mass is 10.0. The summed E-state index contributed by atoms with van der Waals surface area (Å²) in [4.78, 5) is 17.1. The Balaban J connectivity index is 1.98. The molecule has 0 spiro atoms. The average Bonchev–Trinajstić information content (AvgIpc) is 2.88. The Morgan fingerprint density at radius 1 is 1.19 bits per heavy atom. The zero-order valence-corrected chi connectivity index (χ0v) is 12.7. The van der Waals surface area contributed by atoms with Crippen molar-refractivity contribution < 1.29 is 9.21 Å². The highest BCUT2D eigenvalue weighted by molar-refractivity contribution is 5.99. The van der Waals surface area contributed by atoms with Crippen LogP contribution in [0.1, 0.15) is 33.3 Å². The van der Waals surface area contributed by atoms with Crippen molar-refractivity contribution in [3.63, 3.8) is 0 Å². The summed E-state index contributed by atoms with van der Waals surface area (Å²) in [5.41, 5.74) is 3.58. The van der Waals surface area contributed by atoms with E-state index in [0.29, 0.717) is 11.3 Å². The second-order valence-electron chi connectivity index (χ2n) is 5.39. The molecule has 0 fully saturated rings. The summed E-state index contributed by atoms with van der Waals surface area (Å²) < 4.78 is 7.52. The predicted octanol–water partition coefficient (Wildman–Crippen LogP) is 3.52. The number of ketones is 1. The van der Waals surface area contributed by atoms with Crippen molar-refractivity contribution in [1.82, 2.24) is 9.55 Å². The number of hydrogen-bond donors (Lipinski definition) is 0. The molecule has 4 heteroatoms. The number of aryl methyl sites for hydroxylation is 3. The molecule has 3 rings (SSSR count). The third-order valence-electron chi connectivity index (χ3n) is 4.04. The Kier molecular flexibility index (Phi) is 3.16. The normalized spacial score (nSPS) is 11.2. The lowest BCUT2D eigenvalue weighted by molar-refractivity contribution is 0.0988. The number of benzene rings is 1. The zero-order chi connectivity index (χ0) is 15.1. The quantitative estimate of drug-likeness (QED) is 0.691. The Morgan fingerprint density at radius 3 is 2.52 bits per heavy atom. The van der Waals surface area contributed by atoms with E-state index >= 15 is 0 Å². The molecule has 0 saturated carbocycles. The van der Waals surface area contributed by atoms with Crippen molar-refractivity contribution in [3.05, 3.63) is 52.7 Å². The number of rotatable bonds is 3. The summed E-state index contributed by atoms with van der Waals surface area (Å²) in [5, 5.41) is 0. The van der Waals surface area contributed by atoms with Crippen LogP contribution in [0, 0.1) is 20.8 Å². The Labute approximate surface area is 123 Å². The Bertz CT molecular complexity index is 840. The van der Waals surface area contributed by atoms with Gasteiger partial charge in [0.2, 0.25) is 0 Å². The van der Waals surface area contributed by atoms with Gasteiger partial charge in [0.25, 0.3) is 0 Å². The van der Waals surface area contributed by atoms with E-state index in [4.69, 9.17) is 4.42 Å². The molecule has 108 valence electrons. The third kappa shape index (κ3) is 2.17. The first-order valence-corrected chi connectivity index (χ1v) is 6.99. The lowest BCUT2D eigenvalue weighted by Crippen LogP contribution is -2.10. The Hall–Kier alpha value is -2.36. The van der Waals surface area contributed by atoms with Crippen molar-refractivity contribution in [2.24, 2.45) is 7.05 Å². The number of nitrogens with zero attached hydrogens (tertiary/aromatic N) is 2. The smallest absolute Gasteiger partial charge is 0.174 e. The molecule has 0 aliphatic heterocycles. The number of furan rings is 1. The fourth-order valence-electron chi connectivity index (χ4n) is 2.79. The van der Waals surface area contributed by atoms with Crippen LogP contribution in [0.4, 0.5) is 0 Å². The number of carbonyl (C=O) groups is 1. The van der Waals surface area contributed by atoms with Gasteiger partial charge in [-0.1, -0.05) is 12.1 Å². The van der Waals surface area contributed by atoms with Gasteiger partial charge < -0.3 is 8.98 Å². The molecule has 0 aliphatic carbocycles. The number of hydrogen-bond acceptors (Lipinski definition) is 3. The molecule has 2 heterocycles. The second-order valence-corrected chi connectivity index (χ2v) is 5.39. The maximum absolute atomic E-state index is 12.6. The molecule has 0 N–H and O–H groups in total. The number of carbonyl (C=O) groups excluding carboxylic acids is 1. The number of aromatic nitrogens is 2. The largest absolute Gasteiger partial charge is 0.466 e. The SMILES string of the molecule is Cc1oc(C)c(C(=O)Cc2nc3ccccc3n2C)c1C. The summed E-state index contributed by atoms with van der Waals surface area (Å²) in [6, 6.07) is 7.90. The maximum atomic E-state index is 12.6. The highest BCUT2D eigenvalue weighted by Gasteiger charge is 2.20. The second kappa shape index (κ2) is 4.88. The first-order chi connectivity index (χ1) is 9.99. The molecule has 4 nitrogen and oxygen atoms in total. The van der Waals surface area contributed by atoms with Gasteiger partial charge in [0.05, 0.1) is 23.0 Å². The summed E-state index contributed by atoms with van der Waals surface area (Å²) in [5.74, 6) is 2.33. The van der Waals surface area contributed by atoms with Gasteiger partial charge in [0.1, 0.15) is 17.3 Å². The number of fused-ring (bicyclic) bond motifs is 1. The van der Waals surface area contributed by atoms with Gasteiger partial charge in [-0.05, 0) is 32.9 Å².